The van der Waals surface area contributed by atoms with Crippen LogP contribution in [0.15, 0.2) is 61.1 Å². The number of aliphatic hydroxyl groups is 1. The minimum atomic E-state index is -4.51. The van der Waals surface area contributed by atoms with Gasteiger partial charge in [0.15, 0.2) is 5.82 Å². The Labute approximate surface area is 220 Å². The molecule has 38 heavy (non-hydrogen) atoms. The number of nitrogens with one attached hydrogen (secondary N) is 2. The van der Waals surface area contributed by atoms with E-state index in [2.05, 4.69) is 15.3 Å². The highest BCUT2D eigenvalue weighted by Gasteiger charge is 2.28. The molecule has 0 aliphatic carbocycles. The summed E-state index contributed by atoms with van der Waals surface area (Å²) in [6, 6.07) is 12.6. The Morgan fingerprint density at radius 2 is 1.95 bits per heavy atom. The zero-order valence-electron chi connectivity index (χ0n) is 19.8. The van der Waals surface area contributed by atoms with Crippen LogP contribution in [0.4, 0.5) is 24.7 Å². The van der Waals surface area contributed by atoms with Crippen molar-refractivity contribution < 1.29 is 32.5 Å². The molecule has 2 aromatic heterocycles. The molecule has 9 nitrogen and oxygen atoms in total. The molecule has 0 radical (unpaired) electrons. The number of alkyl halides is 3. The van der Waals surface area contributed by atoms with Crippen molar-refractivity contribution in [2.45, 2.75) is 12.7 Å². The number of carbonyl (C=O) groups is 1. The predicted molar refractivity (Wildman–Crippen MR) is 135 cm³/mol. The van der Waals surface area contributed by atoms with Crippen LogP contribution in [0.3, 0.4) is 0 Å². The van der Waals surface area contributed by atoms with Gasteiger partial charge < -0.3 is 29.8 Å². The van der Waals surface area contributed by atoms with Crippen LogP contribution in [0, 0.1) is 0 Å². The molecule has 13 heteroatoms. The van der Waals surface area contributed by atoms with Gasteiger partial charge in [-0.3, -0.25) is 4.79 Å². The summed E-state index contributed by atoms with van der Waals surface area (Å²) in [4.78, 5) is 20.7. The number of rotatable bonds is 11. The molecule has 2 aromatic carbocycles. The summed E-state index contributed by atoms with van der Waals surface area (Å²) >= 11 is 6.43. The molecule has 0 unspecified atom stereocenters. The molecule has 4 aromatic rings. The Kier molecular flexibility index (Phi) is 8.66. The number of amides is 1. The van der Waals surface area contributed by atoms with Gasteiger partial charge in [-0.15, -0.1) is 0 Å². The molecule has 0 bridgehead atoms. The van der Waals surface area contributed by atoms with Gasteiger partial charge in [0.1, 0.15) is 29.9 Å². The monoisotopic (exact) mass is 549 g/mol. The number of hydrogen-bond donors (Lipinski definition) is 3. The van der Waals surface area contributed by atoms with E-state index in [0.717, 1.165) is 11.0 Å². The molecule has 0 aliphatic heterocycles. The maximum atomic E-state index is 12.4. The molecule has 0 aliphatic rings. The summed E-state index contributed by atoms with van der Waals surface area (Å²) in [6.07, 6.45) is -1.20. The van der Waals surface area contributed by atoms with Crippen molar-refractivity contribution >= 4 is 40.0 Å². The number of aliphatic hydroxyl groups excluding tert-OH is 1. The molecule has 1 amide bonds. The standard InChI is InChI=1S/C25H23ClF3N5O4/c26-19-13-17(33-23-22-20(31-15-32-23)6-7-34(22)8-10-37-11-9-35)4-5-21(19)38-18-3-1-2-16(12-18)24(36)30-14-25(27,28)29/h1-7,12-13,15,35H,8-11,14H2,(H,30,36)(H,31,32,33). The largest absolute Gasteiger partial charge is 0.456 e. The lowest BCUT2D eigenvalue weighted by Crippen LogP contribution is -2.33. The molecule has 0 spiro atoms. The normalized spacial score (nSPS) is 11.5. The SMILES string of the molecule is O=C(NCC(F)(F)F)c1cccc(Oc2ccc(Nc3ncnc4ccn(CCOCCO)c34)cc2Cl)c1. The first-order chi connectivity index (χ1) is 18.2. The Bertz CT molecular complexity index is 1410. The van der Waals surface area contributed by atoms with E-state index in [1.807, 2.05) is 22.1 Å². The van der Waals surface area contributed by atoms with Crippen LogP contribution in [0.1, 0.15) is 10.4 Å². The Balaban J connectivity index is 1.46. The lowest BCUT2D eigenvalue weighted by molar-refractivity contribution is -0.123. The highest BCUT2D eigenvalue weighted by molar-refractivity contribution is 6.32. The van der Waals surface area contributed by atoms with Crippen LogP contribution in [-0.2, 0) is 11.3 Å². The van der Waals surface area contributed by atoms with Gasteiger partial charge >= 0.3 is 6.18 Å². The third kappa shape index (κ3) is 7.12. The molecular weight excluding hydrogens is 527 g/mol. The fourth-order valence-corrected chi connectivity index (χ4v) is 3.77. The van der Waals surface area contributed by atoms with Gasteiger partial charge in [-0.25, -0.2) is 9.97 Å². The van der Waals surface area contributed by atoms with Crippen LogP contribution in [-0.4, -0.2) is 58.1 Å². The number of carbonyl (C=O) groups excluding carboxylic acids is 1. The first kappa shape index (κ1) is 27.2. The van der Waals surface area contributed by atoms with Crippen LogP contribution < -0.4 is 15.4 Å². The van der Waals surface area contributed by atoms with Crippen LogP contribution in [0.2, 0.25) is 5.02 Å². The van der Waals surface area contributed by atoms with Crippen molar-refractivity contribution in [2.75, 3.05) is 31.7 Å². The molecule has 0 atom stereocenters. The van der Waals surface area contributed by atoms with E-state index in [4.69, 9.17) is 26.2 Å². The topological polar surface area (TPSA) is 111 Å². The Morgan fingerprint density at radius 1 is 1.11 bits per heavy atom. The first-order valence-electron chi connectivity index (χ1n) is 11.4. The third-order valence-electron chi connectivity index (χ3n) is 5.23. The van der Waals surface area contributed by atoms with E-state index in [1.54, 1.807) is 24.3 Å². The van der Waals surface area contributed by atoms with Gasteiger partial charge in [0.05, 0.1) is 30.4 Å². The van der Waals surface area contributed by atoms with E-state index in [9.17, 15) is 18.0 Å². The number of aromatic nitrogens is 3. The molecule has 200 valence electrons. The average Bonchev–Trinajstić information content (AvgIpc) is 3.30. The summed E-state index contributed by atoms with van der Waals surface area (Å²) in [7, 11) is 0. The Hall–Kier alpha value is -3.87. The minimum Gasteiger partial charge on any atom is -0.456 e. The number of hydrogen-bond acceptors (Lipinski definition) is 7. The second-order valence-electron chi connectivity index (χ2n) is 8.00. The molecule has 4 rings (SSSR count). The van der Waals surface area contributed by atoms with Gasteiger partial charge in [-0.05, 0) is 42.5 Å². The predicted octanol–water partition coefficient (Wildman–Crippen LogP) is 4.92. The minimum absolute atomic E-state index is 0.0127. The van der Waals surface area contributed by atoms with Crippen molar-refractivity contribution in [3.05, 3.63) is 71.6 Å². The van der Waals surface area contributed by atoms with Crippen LogP contribution in [0.25, 0.3) is 11.0 Å². The second kappa shape index (κ2) is 12.1. The lowest BCUT2D eigenvalue weighted by Gasteiger charge is -2.13. The van der Waals surface area contributed by atoms with Gasteiger partial charge in [0.25, 0.3) is 5.91 Å². The summed E-state index contributed by atoms with van der Waals surface area (Å²) in [5.74, 6) is 0.178. The number of benzene rings is 2. The van der Waals surface area contributed by atoms with Crippen LogP contribution >= 0.6 is 11.6 Å². The summed E-state index contributed by atoms with van der Waals surface area (Å²) < 4.78 is 50.2. The van der Waals surface area contributed by atoms with Gasteiger partial charge in [0.2, 0.25) is 0 Å². The van der Waals surface area contributed by atoms with Gasteiger partial charge in [-0.2, -0.15) is 13.2 Å². The smallest absolute Gasteiger partial charge is 0.405 e. The maximum Gasteiger partial charge on any atom is 0.405 e. The highest BCUT2D eigenvalue weighted by atomic mass is 35.5. The van der Waals surface area contributed by atoms with Crippen molar-refractivity contribution in [3.8, 4) is 11.5 Å². The van der Waals surface area contributed by atoms with Crippen molar-refractivity contribution in [2.24, 2.45) is 0 Å². The summed E-state index contributed by atoms with van der Waals surface area (Å²) in [5, 5.41) is 14.2. The second-order valence-corrected chi connectivity index (χ2v) is 8.41. The fraction of sp³-hybridized carbons (Fsp3) is 0.240. The summed E-state index contributed by atoms with van der Waals surface area (Å²) in [5.41, 5.74) is 2.12. The van der Waals surface area contributed by atoms with Crippen LogP contribution in [0.5, 0.6) is 11.5 Å². The number of fused-ring (bicyclic) bond motifs is 1. The lowest BCUT2D eigenvalue weighted by atomic mass is 10.2. The van der Waals surface area contributed by atoms with Crippen molar-refractivity contribution in [1.82, 2.24) is 19.9 Å². The highest BCUT2D eigenvalue weighted by Crippen LogP contribution is 2.33. The van der Waals surface area contributed by atoms with Gasteiger partial charge in [0, 0.05) is 24.0 Å². The molecular formula is C25H23ClF3N5O4. The number of nitrogens with zero attached hydrogens (tertiary/aromatic N) is 3. The number of ether oxygens (including phenoxy) is 2. The zero-order valence-corrected chi connectivity index (χ0v) is 20.6. The van der Waals surface area contributed by atoms with E-state index in [1.165, 1.54) is 24.5 Å². The summed E-state index contributed by atoms with van der Waals surface area (Å²) in [6.45, 7) is -0.291. The maximum absolute atomic E-state index is 12.4. The van der Waals surface area contributed by atoms with Gasteiger partial charge in [-0.1, -0.05) is 17.7 Å². The quantitative estimate of drug-likeness (QED) is 0.228. The molecule has 0 fully saturated rings. The number of anilines is 2. The molecule has 0 saturated carbocycles. The van der Waals surface area contributed by atoms with E-state index in [0.29, 0.717) is 24.7 Å². The average molecular weight is 550 g/mol. The Morgan fingerprint density at radius 3 is 2.71 bits per heavy atom. The molecule has 0 saturated heterocycles. The molecule has 2 heterocycles. The third-order valence-corrected chi connectivity index (χ3v) is 5.53. The van der Waals surface area contributed by atoms with E-state index < -0.39 is 18.6 Å². The van der Waals surface area contributed by atoms with E-state index >= 15 is 0 Å². The zero-order chi connectivity index (χ0) is 27.1. The van der Waals surface area contributed by atoms with Crippen molar-refractivity contribution in [3.63, 3.8) is 0 Å². The fourth-order valence-electron chi connectivity index (χ4n) is 3.55. The van der Waals surface area contributed by atoms with E-state index in [-0.39, 0.29) is 35.3 Å². The molecule has 3 N–H and O–H groups in total. The van der Waals surface area contributed by atoms with Crippen molar-refractivity contribution in [1.29, 1.82) is 0 Å². The number of halogens is 4. The first-order valence-corrected chi connectivity index (χ1v) is 11.8.